The van der Waals surface area contributed by atoms with Gasteiger partial charge >= 0.3 is 0 Å². The maximum atomic E-state index is 11.7. The van der Waals surface area contributed by atoms with Crippen molar-refractivity contribution in [2.75, 3.05) is 25.5 Å². The average molecular weight is 377 g/mol. The van der Waals surface area contributed by atoms with E-state index in [1.165, 1.54) is 11.9 Å². The number of nitrogens with one attached hydrogen (secondary N) is 2. The number of methoxy groups -OCH3 is 1. The normalized spacial score (nSPS) is 19.3. The van der Waals surface area contributed by atoms with Crippen LogP contribution in [0.15, 0.2) is 48.8 Å². The summed E-state index contributed by atoms with van der Waals surface area (Å²) in [4.78, 5) is 20.4. The van der Waals surface area contributed by atoms with Gasteiger partial charge in [0.25, 0.3) is 5.91 Å². The Balaban J connectivity index is 1.68. The van der Waals surface area contributed by atoms with Crippen LogP contribution in [0.3, 0.4) is 0 Å². The lowest BCUT2D eigenvalue weighted by Gasteiger charge is -2.34. The van der Waals surface area contributed by atoms with Gasteiger partial charge in [0.05, 0.1) is 18.2 Å². The minimum atomic E-state index is -0.496. The highest BCUT2D eigenvalue weighted by atomic mass is 16.5. The van der Waals surface area contributed by atoms with Crippen molar-refractivity contribution in [1.29, 1.82) is 0 Å². The Kier molecular flexibility index (Phi) is 5.08. The van der Waals surface area contributed by atoms with Gasteiger partial charge in [0.1, 0.15) is 17.9 Å². The van der Waals surface area contributed by atoms with Crippen LogP contribution < -0.4 is 21.1 Å². The molecule has 4 rings (SSSR count). The second-order valence-electron chi connectivity index (χ2n) is 6.92. The molecule has 1 amide bonds. The van der Waals surface area contributed by atoms with Gasteiger partial charge < -0.3 is 21.1 Å². The molecule has 4 N–H and O–H groups in total. The van der Waals surface area contributed by atoms with Crippen LogP contribution >= 0.6 is 0 Å². The van der Waals surface area contributed by atoms with E-state index in [2.05, 4.69) is 32.7 Å². The van der Waals surface area contributed by atoms with E-state index >= 15 is 0 Å². The molecule has 0 saturated carbocycles. The van der Waals surface area contributed by atoms with Crippen molar-refractivity contribution in [1.82, 2.24) is 15.3 Å². The number of anilines is 1. The van der Waals surface area contributed by atoms with Gasteiger partial charge in [-0.05, 0) is 42.8 Å². The average Bonchev–Trinajstić information content (AvgIpc) is 2.74. The molecular formula is C21H23N5O2. The first kappa shape index (κ1) is 18.2. The van der Waals surface area contributed by atoms with Crippen molar-refractivity contribution < 1.29 is 9.53 Å². The lowest BCUT2D eigenvalue weighted by atomic mass is 9.86. The predicted octanol–water partition coefficient (Wildman–Crippen LogP) is 2.29. The molecule has 3 aromatic rings. The molecule has 144 valence electrons. The molecule has 1 aromatic heterocycles. The number of nitrogens with zero attached hydrogens (tertiary/aromatic N) is 2. The largest absolute Gasteiger partial charge is 0.497 e. The van der Waals surface area contributed by atoms with Crippen LogP contribution in [-0.4, -0.2) is 42.1 Å². The van der Waals surface area contributed by atoms with Crippen molar-refractivity contribution >= 4 is 22.6 Å². The number of primary amides is 1. The lowest BCUT2D eigenvalue weighted by Crippen LogP contribution is -2.44. The molecule has 1 aliphatic heterocycles. The number of nitrogens with two attached hydrogens (primary N) is 1. The molecule has 1 fully saturated rings. The summed E-state index contributed by atoms with van der Waals surface area (Å²) in [6.45, 7) is 1.76. The molecular weight excluding hydrogens is 354 g/mol. The highest BCUT2D eigenvalue weighted by Gasteiger charge is 2.27. The maximum Gasteiger partial charge on any atom is 0.250 e. The van der Waals surface area contributed by atoms with Gasteiger partial charge in [0.15, 0.2) is 0 Å². The van der Waals surface area contributed by atoms with Gasteiger partial charge in [-0.15, -0.1) is 0 Å². The van der Waals surface area contributed by atoms with Crippen LogP contribution in [0.25, 0.3) is 10.9 Å². The Bertz CT molecular complexity index is 1010. The van der Waals surface area contributed by atoms with Crippen LogP contribution in [0.4, 0.5) is 5.82 Å². The number of carbonyl (C=O) groups is 1. The molecule has 2 atom stereocenters. The van der Waals surface area contributed by atoms with Crippen molar-refractivity contribution in [2.45, 2.75) is 18.4 Å². The molecule has 0 aliphatic carbocycles. The maximum absolute atomic E-state index is 11.7. The fraction of sp³-hybridized carbons (Fsp3) is 0.286. The van der Waals surface area contributed by atoms with Gasteiger partial charge in [-0.25, -0.2) is 9.97 Å². The Hall–Kier alpha value is -3.19. The summed E-state index contributed by atoms with van der Waals surface area (Å²) in [5, 5.41) is 7.81. The third-order valence-corrected chi connectivity index (χ3v) is 5.26. The Morgan fingerprint density at radius 3 is 2.93 bits per heavy atom. The van der Waals surface area contributed by atoms with Crippen LogP contribution in [0.1, 0.15) is 28.3 Å². The second-order valence-corrected chi connectivity index (χ2v) is 6.92. The van der Waals surface area contributed by atoms with E-state index in [4.69, 9.17) is 10.5 Å². The van der Waals surface area contributed by atoms with Crippen LogP contribution in [0, 0.1) is 0 Å². The second kappa shape index (κ2) is 7.82. The molecule has 1 aliphatic rings. The summed E-state index contributed by atoms with van der Waals surface area (Å²) in [6, 6.07) is 13.7. The number of hydrogen-bond donors (Lipinski definition) is 3. The molecule has 1 saturated heterocycles. The van der Waals surface area contributed by atoms with E-state index in [1.807, 2.05) is 18.2 Å². The molecule has 2 aromatic carbocycles. The van der Waals surface area contributed by atoms with E-state index in [-0.39, 0.29) is 6.04 Å². The Morgan fingerprint density at radius 2 is 2.11 bits per heavy atom. The van der Waals surface area contributed by atoms with E-state index < -0.39 is 5.91 Å². The zero-order chi connectivity index (χ0) is 19.5. The number of aromatic nitrogens is 2. The van der Waals surface area contributed by atoms with Gasteiger partial charge in [0, 0.05) is 23.9 Å². The van der Waals surface area contributed by atoms with E-state index in [1.54, 1.807) is 19.2 Å². The third kappa shape index (κ3) is 3.48. The molecule has 28 heavy (non-hydrogen) atoms. The molecule has 2 heterocycles. The van der Waals surface area contributed by atoms with E-state index in [9.17, 15) is 4.79 Å². The van der Waals surface area contributed by atoms with Crippen LogP contribution in [-0.2, 0) is 0 Å². The number of para-hydroxylation sites is 1. The number of piperidine rings is 1. The summed E-state index contributed by atoms with van der Waals surface area (Å²) < 4.78 is 5.39. The number of amides is 1. The first-order chi connectivity index (χ1) is 13.7. The topological polar surface area (TPSA) is 102 Å². The summed E-state index contributed by atoms with van der Waals surface area (Å²) in [5.41, 5.74) is 7.69. The third-order valence-electron chi connectivity index (χ3n) is 5.26. The van der Waals surface area contributed by atoms with Crippen molar-refractivity contribution in [3.05, 3.63) is 59.9 Å². The van der Waals surface area contributed by atoms with Crippen molar-refractivity contribution in [3.8, 4) is 5.75 Å². The highest BCUT2D eigenvalue weighted by Crippen LogP contribution is 2.31. The molecule has 0 spiro atoms. The first-order valence-corrected chi connectivity index (χ1v) is 9.32. The number of carbonyl (C=O) groups excluding carboxylic acids is 1. The lowest BCUT2D eigenvalue weighted by molar-refractivity contribution is 0.100. The number of ether oxygens (including phenoxy) is 1. The quantitative estimate of drug-likeness (QED) is 0.631. The zero-order valence-electron chi connectivity index (χ0n) is 15.7. The van der Waals surface area contributed by atoms with Gasteiger partial charge in [-0.2, -0.15) is 0 Å². The summed E-state index contributed by atoms with van der Waals surface area (Å²) in [6.07, 6.45) is 2.47. The Labute approximate surface area is 163 Å². The van der Waals surface area contributed by atoms with Crippen molar-refractivity contribution in [3.63, 3.8) is 0 Å². The van der Waals surface area contributed by atoms with E-state index in [0.29, 0.717) is 22.8 Å². The zero-order valence-corrected chi connectivity index (χ0v) is 15.7. The van der Waals surface area contributed by atoms with E-state index in [0.717, 1.165) is 30.6 Å². The molecule has 7 nitrogen and oxygen atoms in total. The monoisotopic (exact) mass is 377 g/mol. The number of rotatable bonds is 5. The van der Waals surface area contributed by atoms with Gasteiger partial charge in [-0.3, -0.25) is 4.79 Å². The standard InChI is InChI=1S/C21H23N5O2/c1-28-14-5-2-4-13(10-14)15-8-9-23-11-18(15)26-21-17-7-3-6-16(20(22)27)19(17)24-12-25-21/h2-7,10,12,15,18,23H,8-9,11H2,1H3,(H2,22,27)(H,24,25,26)/t15-,18+/m1/s1. The molecule has 0 unspecified atom stereocenters. The SMILES string of the molecule is COc1cccc([C@H]2CCNC[C@@H]2Nc2ncnc3c(C(N)=O)cccc23)c1. The van der Waals surface area contributed by atoms with Gasteiger partial charge in [0.2, 0.25) is 0 Å². The molecule has 7 heteroatoms. The molecule has 0 radical (unpaired) electrons. The van der Waals surface area contributed by atoms with Crippen LogP contribution in [0.5, 0.6) is 5.75 Å². The minimum absolute atomic E-state index is 0.135. The van der Waals surface area contributed by atoms with Gasteiger partial charge in [-0.1, -0.05) is 18.2 Å². The number of fused-ring (bicyclic) bond motifs is 1. The fourth-order valence-electron chi connectivity index (χ4n) is 3.86. The highest BCUT2D eigenvalue weighted by molar-refractivity contribution is 6.06. The van der Waals surface area contributed by atoms with Crippen molar-refractivity contribution in [2.24, 2.45) is 5.73 Å². The Morgan fingerprint density at radius 1 is 1.25 bits per heavy atom. The van der Waals surface area contributed by atoms with Crippen LogP contribution in [0.2, 0.25) is 0 Å². The minimum Gasteiger partial charge on any atom is -0.497 e. The smallest absolute Gasteiger partial charge is 0.250 e. The molecule has 0 bridgehead atoms. The number of benzene rings is 2. The summed E-state index contributed by atoms with van der Waals surface area (Å²) in [5.74, 6) is 1.37. The fourth-order valence-corrected chi connectivity index (χ4v) is 3.86. The summed E-state index contributed by atoms with van der Waals surface area (Å²) >= 11 is 0. The summed E-state index contributed by atoms with van der Waals surface area (Å²) in [7, 11) is 1.68. The first-order valence-electron chi connectivity index (χ1n) is 9.32. The predicted molar refractivity (Wildman–Crippen MR) is 109 cm³/mol. The number of hydrogen-bond acceptors (Lipinski definition) is 6.